The van der Waals surface area contributed by atoms with Crippen LogP contribution in [0.4, 0.5) is 34.1 Å². The van der Waals surface area contributed by atoms with Gasteiger partial charge in [0.05, 0.1) is 11.4 Å². The predicted molar refractivity (Wildman–Crippen MR) is 303 cm³/mol. The van der Waals surface area contributed by atoms with Gasteiger partial charge in [-0.25, -0.2) is 0 Å². The van der Waals surface area contributed by atoms with Gasteiger partial charge in [0.1, 0.15) is 0 Å². The predicted octanol–water partition coefficient (Wildman–Crippen LogP) is 19.2. The van der Waals surface area contributed by atoms with E-state index in [9.17, 15) is 0 Å². The molecule has 0 atom stereocenters. The third-order valence-electron chi connectivity index (χ3n) is 13.5. The highest BCUT2D eigenvalue weighted by molar-refractivity contribution is 6.04. The average Bonchev–Trinajstić information content (AvgIpc) is 3.45. The Morgan fingerprint density at radius 2 is 0.423 bits per heavy atom. The van der Waals surface area contributed by atoms with Gasteiger partial charge in [-0.3, -0.25) is 0 Å². The van der Waals surface area contributed by atoms with E-state index < -0.39 is 0 Å². The molecule has 0 aromatic heterocycles. The zero-order chi connectivity index (χ0) is 47.3. The van der Waals surface area contributed by atoms with E-state index >= 15 is 0 Å². The lowest BCUT2D eigenvalue weighted by atomic mass is 9.97. The number of fused-ring (bicyclic) bond motifs is 2. The van der Waals surface area contributed by atoms with Crippen molar-refractivity contribution in [2.24, 2.45) is 0 Å². The van der Waals surface area contributed by atoms with Crippen molar-refractivity contribution in [1.82, 2.24) is 0 Å². The van der Waals surface area contributed by atoms with Gasteiger partial charge in [-0.1, -0.05) is 231 Å². The van der Waals surface area contributed by atoms with Crippen LogP contribution in [0, 0.1) is 0 Å². The normalized spacial score (nSPS) is 11.1. The first kappa shape index (κ1) is 42.9. The smallest absolute Gasteiger partial charge is 0.0543 e. The summed E-state index contributed by atoms with van der Waals surface area (Å²) < 4.78 is 0. The molecule has 0 aliphatic carbocycles. The summed E-state index contributed by atoms with van der Waals surface area (Å²) in [5.74, 6) is 0. The van der Waals surface area contributed by atoms with Crippen LogP contribution in [-0.4, -0.2) is 0 Å². The molecule has 0 aliphatic rings. The van der Waals surface area contributed by atoms with E-state index in [4.69, 9.17) is 0 Å². The molecule has 3 N–H and O–H groups in total. The van der Waals surface area contributed by atoms with Crippen molar-refractivity contribution in [1.29, 1.82) is 0 Å². The number of rotatable bonds is 12. The number of nitrogens with one attached hydrogen (secondary N) is 3. The SMILES string of the molecule is c1ccc(-c2ccc3ccccc3c2Nc2ccc(-c3ccc(-c4ccc(Nc5ccc(-c6ccc(-c7ccc(Nc8c(-c9ccccc9)ccc9ccccc89)cc7)cc6)cc5)cc4)cc3)cc2)cc1. The Morgan fingerprint density at radius 1 is 0.169 bits per heavy atom. The third kappa shape index (κ3) is 9.16. The molecule has 12 aromatic carbocycles. The topological polar surface area (TPSA) is 36.1 Å². The van der Waals surface area contributed by atoms with Crippen molar-refractivity contribution in [3.8, 4) is 66.8 Å². The van der Waals surface area contributed by atoms with Gasteiger partial charge in [-0.05, 0) is 115 Å². The summed E-state index contributed by atoms with van der Waals surface area (Å²) in [5, 5.41) is 16.0. The van der Waals surface area contributed by atoms with Gasteiger partial charge in [0.2, 0.25) is 0 Å². The molecule has 12 rings (SSSR count). The molecule has 0 unspecified atom stereocenters. The molecule has 0 spiro atoms. The van der Waals surface area contributed by atoms with Crippen LogP contribution in [0.2, 0.25) is 0 Å². The fraction of sp³-hybridized carbons (Fsp3) is 0. The van der Waals surface area contributed by atoms with Crippen LogP contribution in [0.5, 0.6) is 0 Å². The van der Waals surface area contributed by atoms with Gasteiger partial charge in [0.15, 0.2) is 0 Å². The Kier molecular flexibility index (Phi) is 11.6. The summed E-state index contributed by atoms with van der Waals surface area (Å²) in [5.41, 5.74) is 20.6. The van der Waals surface area contributed by atoms with Crippen molar-refractivity contribution in [3.05, 3.63) is 279 Å². The lowest BCUT2D eigenvalue weighted by Crippen LogP contribution is -1.95. The van der Waals surface area contributed by atoms with Gasteiger partial charge in [-0.15, -0.1) is 0 Å². The van der Waals surface area contributed by atoms with Crippen LogP contribution in [0.1, 0.15) is 0 Å². The summed E-state index contributed by atoms with van der Waals surface area (Å²) in [6.07, 6.45) is 0. The van der Waals surface area contributed by atoms with Crippen LogP contribution < -0.4 is 16.0 Å². The maximum Gasteiger partial charge on any atom is 0.0543 e. The third-order valence-corrected chi connectivity index (χ3v) is 13.5. The molecule has 0 amide bonds. The summed E-state index contributed by atoms with van der Waals surface area (Å²) in [6, 6.07) is 99.6. The van der Waals surface area contributed by atoms with Crippen molar-refractivity contribution in [3.63, 3.8) is 0 Å². The maximum atomic E-state index is 3.76. The van der Waals surface area contributed by atoms with Crippen molar-refractivity contribution in [2.45, 2.75) is 0 Å². The number of hydrogen-bond donors (Lipinski definition) is 3. The van der Waals surface area contributed by atoms with E-state index in [2.05, 4.69) is 295 Å². The number of hydrogen-bond acceptors (Lipinski definition) is 3. The van der Waals surface area contributed by atoms with Crippen LogP contribution >= 0.6 is 0 Å². The Morgan fingerprint density at radius 3 is 0.732 bits per heavy atom. The molecule has 0 fully saturated rings. The molecule has 3 nitrogen and oxygen atoms in total. The first-order valence-electron chi connectivity index (χ1n) is 24.2. The van der Waals surface area contributed by atoms with Crippen molar-refractivity contribution >= 4 is 55.7 Å². The van der Waals surface area contributed by atoms with E-state index in [-0.39, 0.29) is 0 Å². The molecule has 3 heteroatoms. The standard InChI is InChI=1S/C68H49N3/c1-3-11-55(12-4-1)65-45-35-57-15-7-9-17-63(57)67(65)70-61-41-31-53(32-42-61)49-23-19-47(20-24-49)51-27-37-59(38-28-51)69-60-39-29-52(30-40-60)48-21-25-50(26-22-48)54-33-43-62(44-34-54)71-68-64-18-10-8-16-58(64)36-46-66(68)56-13-5-2-6-14-56/h1-46,69-71H. The Hall–Kier alpha value is -9.44. The van der Waals surface area contributed by atoms with E-state index in [1.54, 1.807) is 0 Å². The average molecular weight is 908 g/mol. The molecule has 0 radical (unpaired) electrons. The van der Waals surface area contributed by atoms with E-state index in [0.29, 0.717) is 0 Å². The van der Waals surface area contributed by atoms with Gasteiger partial charge in [0, 0.05) is 44.6 Å². The minimum atomic E-state index is 1.05. The van der Waals surface area contributed by atoms with Crippen LogP contribution in [-0.2, 0) is 0 Å². The summed E-state index contributed by atoms with van der Waals surface area (Å²) in [4.78, 5) is 0. The fourth-order valence-corrected chi connectivity index (χ4v) is 9.68. The van der Waals surface area contributed by atoms with Crippen molar-refractivity contribution < 1.29 is 0 Å². The van der Waals surface area contributed by atoms with E-state index in [1.807, 2.05) is 0 Å². The molecule has 0 saturated heterocycles. The lowest BCUT2D eigenvalue weighted by Gasteiger charge is -2.16. The fourth-order valence-electron chi connectivity index (χ4n) is 9.68. The zero-order valence-corrected chi connectivity index (χ0v) is 39.1. The van der Waals surface area contributed by atoms with Gasteiger partial charge in [0.25, 0.3) is 0 Å². The minimum Gasteiger partial charge on any atom is -0.356 e. The molecule has 12 aromatic rings. The van der Waals surface area contributed by atoms with E-state index in [0.717, 1.165) is 34.1 Å². The quantitative estimate of drug-likeness (QED) is 0.114. The van der Waals surface area contributed by atoms with E-state index in [1.165, 1.54) is 88.3 Å². The second kappa shape index (κ2) is 19.3. The molecule has 0 aliphatic heterocycles. The Bertz CT molecular complexity index is 3500. The number of benzene rings is 12. The molecule has 336 valence electrons. The second-order valence-corrected chi connectivity index (χ2v) is 18.0. The van der Waals surface area contributed by atoms with Gasteiger partial charge >= 0.3 is 0 Å². The zero-order valence-electron chi connectivity index (χ0n) is 39.1. The number of anilines is 6. The summed E-state index contributed by atoms with van der Waals surface area (Å²) in [7, 11) is 0. The molecule has 0 heterocycles. The highest BCUT2D eigenvalue weighted by atomic mass is 14.9. The summed E-state index contributed by atoms with van der Waals surface area (Å²) in [6.45, 7) is 0. The van der Waals surface area contributed by atoms with Crippen LogP contribution in [0.25, 0.3) is 88.3 Å². The molecule has 0 saturated carbocycles. The molecular weight excluding hydrogens is 859 g/mol. The molecule has 0 bridgehead atoms. The second-order valence-electron chi connectivity index (χ2n) is 18.0. The van der Waals surface area contributed by atoms with Crippen LogP contribution in [0.3, 0.4) is 0 Å². The highest BCUT2D eigenvalue weighted by Gasteiger charge is 2.13. The maximum absolute atomic E-state index is 3.76. The molecular formula is C68H49N3. The highest BCUT2D eigenvalue weighted by Crippen LogP contribution is 2.39. The first-order chi connectivity index (χ1) is 35.1. The largest absolute Gasteiger partial charge is 0.356 e. The van der Waals surface area contributed by atoms with Crippen LogP contribution in [0.15, 0.2) is 279 Å². The van der Waals surface area contributed by atoms with Crippen molar-refractivity contribution in [2.75, 3.05) is 16.0 Å². The summed E-state index contributed by atoms with van der Waals surface area (Å²) >= 11 is 0. The minimum absolute atomic E-state index is 1.05. The monoisotopic (exact) mass is 907 g/mol. The lowest BCUT2D eigenvalue weighted by molar-refractivity contribution is 1.52. The Labute approximate surface area is 415 Å². The van der Waals surface area contributed by atoms with Gasteiger partial charge in [-0.2, -0.15) is 0 Å². The van der Waals surface area contributed by atoms with Gasteiger partial charge < -0.3 is 16.0 Å². The Balaban J connectivity index is 0.671. The molecule has 71 heavy (non-hydrogen) atoms. The first-order valence-corrected chi connectivity index (χ1v) is 24.2.